The van der Waals surface area contributed by atoms with Crippen molar-refractivity contribution in [1.82, 2.24) is 4.90 Å². The lowest BCUT2D eigenvalue weighted by Gasteiger charge is -2.32. The molecule has 0 amide bonds. The van der Waals surface area contributed by atoms with Gasteiger partial charge in [-0.3, -0.25) is 0 Å². The maximum Gasteiger partial charge on any atom is 0.175 e. The molecule has 5 heteroatoms. The van der Waals surface area contributed by atoms with Crippen molar-refractivity contribution in [3.8, 4) is 11.5 Å². The smallest absolute Gasteiger partial charge is 0.175 e. The average molecular weight is 398 g/mol. The molecule has 0 saturated carbocycles. The van der Waals surface area contributed by atoms with E-state index in [0.29, 0.717) is 24.7 Å². The molecule has 0 N–H and O–H groups in total. The van der Waals surface area contributed by atoms with Gasteiger partial charge in [-0.2, -0.15) is 0 Å². The lowest BCUT2D eigenvalue weighted by Crippen LogP contribution is -2.37. The van der Waals surface area contributed by atoms with Crippen LogP contribution in [0.3, 0.4) is 0 Å². The highest BCUT2D eigenvalue weighted by Gasteiger charge is 2.21. The average Bonchev–Trinajstić information content (AvgIpc) is 2.54. The number of ether oxygens (including phenoxy) is 2. The summed E-state index contributed by atoms with van der Waals surface area (Å²) in [5.41, 5.74) is 0.996. The molecule has 0 unspecified atom stereocenters. The number of benzene rings is 1. The Morgan fingerprint density at radius 3 is 2.70 bits per heavy atom. The first-order valence-corrected chi connectivity index (χ1v) is 9.26. The van der Waals surface area contributed by atoms with Crippen LogP contribution in [0.4, 0.5) is 0 Å². The van der Waals surface area contributed by atoms with E-state index in [-0.39, 0.29) is 0 Å². The molecule has 0 atom stereocenters. The van der Waals surface area contributed by atoms with Gasteiger partial charge in [-0.15, -0.1) is 0 Å². The van der Waals surface area contributed by atoms with Gasteiger partial charge in [-0.1, -0.05) is 31.8 Å². The first-order chi connectivity index (χ1) is 11.1. The molecular formula is C18H24BrNO2S. The molecule has 3 nitrogen and oxygen atoms in total. The standard InChI is InChI=1S/C18H24BrNO2S/c1-4-10-22-17-15(19)11-14(12-16(17)21-5-2)18(23)20-8-6-13(3)7-9-20/h4,11-13H,1,5-10H2,2-3H3. The molecule has 0 aliphatic carbocycles. The third-order valence-electron chi connectivity index (χ3n) is 3.97. The van der Waals surface area contributed by atoms with Crippen LogP contribution in [-0.4, -0.2) is 36.2 Å². The van der Waals surface area contributed by atoms with Gasteiger partial charge in [-0.25, -0.2) is 0 Å². The van der Waals surface area contributed by atoms with E-state index in [1.54, 1.807) is 6.08 Å². The van der Waals surface area contributed by atoms with Crippen LogP contribution >= 0.6 is 28.1 Å². The van der Waals surface area contributed by atoms with E-state index >= 15 is 0 Å². The summed E-state index contributed by atoms with van der Waals surface area (Å²) < 4.78 is 12.3. The van der Waals surface area contributed by atoms with Crippen LogP contribution in [0.1, 0.15) is 32.3 Å². The largest absolute Gasteiger partial charge is 0.490 e. The number of thiocarbonyl (C=S) groups is 1. The Bertz CT molecular complexity index is 568. The lowest BCUT2D eigenvalue weighted by atomic mass is 9.99. The van der Waals surface area contributed by atoms with E-state index in [2.05, 4.69) is 34.3 Å². The molecule has 1 aromatic carbocycles. The van der Waals surface area contributed by atoms with Crippen molar-refractivity contribution in [2.45, 2.75) is 26.7 Å². The minimum Gasteiger partial charge on any atom is -0.490 e. The van der Waals surface area contributed by atoms with Crippen LogP contribution in [0.15, 0.2) is 29.3 Å². The molecule has 1 fully saturated rings. The third kappa shape index (κ3) is 4.70. The zero-order chi connectivity index (χ0) is 16.8. The minimum absolute atomic E-state index is 0.437. The third-order valence-corrected chi connectivity index (χ3v) is 5.06. The summed E-state index contributed by atoms with van der Waals surface area (Å²) in [4.78, 5) is 3.17. The second-order valence-electron chi connectivity index (χ2n) is 5.79. The summed E-state index contributed by atoms with van der Waals surface area (Å²) in [5, 5.41) is 0. The van der Waals surface area contributed by atoms with Gasteiger partial charge in [0.2, 0.25) is 0 Å². The number of rotatable bonds is 6. The van der Waals surface area contributed by atoms with E-state index in [4.69, 9.17) is 21.7 Å². The van der Waals surface area contributed by atoms with E-state index in [9.17, 15) is 0 Å². The van der Waals surface area contributed by atoms with Crippen molar-refractivity contribution in [3.63, 3.8) is 0 Å². The molecule has 1 aliphatic rings. The molecule has 0 spiro atoms. The number of hydrogen-bond acceptors (Lipinski definition) is 3. The van der Waals surface area contributed by atoms with Gasteiger partial charge in [0, 0.05) is 18.7 Å². The van der Waals surface area contributed by atoms with Crippen molar-refractivity contribution in [1.29, 1.82) is 0 Å². The highest BCUT2D eigenvalue weighted by molar-refractivity contribution is 9.10. The Labute approximate surface area is 152 Å². The molecule has 1 saturated heterocycles. The monoisotopic (exact) mass is 397 g/mol. The fraction of sp³-hybridized carbons (Fsp3) is 0.500. The van der Waals surface area contributed by atoms with Crippen LogP contribution in [0.5, 0.6) is 11.5 Å². The van der Waals surface area contributed by atoms with Crippen LogP contribution < -0.4 is 9.47 Å². The van der Waals surface area contributed by atoms with E-state index in [0.717, 1.165) is 34.0 Å². The van der Waals surface area contributed by atoms with Crippen LogP contribution in [0.2, 0.25) is 0 Å². The van der Waals surface area contributed by atoms with Gasteiger partial charge < -0.3 is 14.4 Å². The summed E-state index contributed by atoms with van der Waals surface area (Å²) in [6.07, 6.45) is 4.11. The predicted octanol–water partition coefficient (Wildman–Crippen LogP) is 4.82. The number of nitrogens with zero attached hydrogens (tertiary/aromatic N) is 1. The lowest BCUT2D eigenvalue weighted by molar-refractivity contribution is 0.283. The summed E-state index contributed by atoms with van der Waals surface area (Å²) in [6, 6.07) is 3.99. The number of halogens is 1. The summed E-state index contributed by atoms with van der Waals surface area (Å²) >= 11 is 9.29. The van der Waals surface area contributed by atoms with Crippen LogP contribution in [-0.2, 0) is 0 Å². The highest BCUT2D eigenvalue weighted by Crippen LogP contribution is 2.37. The maximum absolute atomic E-state index is 5.74. The van der Waals surface area contributed by atoms with E-state index in [1.807, 2.05) is 19.1 Å². The SMILES string of the molecule is C=CCOc1c(Br)cc(C(=S)N2CCC(C)CC2)cc1OCC. The van der Waals surface area contributed by atoms with Crippen molar-refractivity contribution >= 4 is 33.1 Å². The molecule has 0 bridgehead atoms. The van der Waals surface area contributed by atoms with Crippen LogP contribution in [0.25, 0.3) is 0 Å². The van der Waals surface area contributed by atoms with Gasteiger partial charge in [-0.05, 0) is 53.7 Å². The number of hydrogen-bond donors (Lipinski definition) is 0. The molecular weight excluding hydrogens is 374 g/mol. The van der Waals surface area contributed by atoms with Crippen molar-refractivity contribution in [2.75, 3.05) is 26.3 Å². The molecule has 1 aromatic rings. The molecule has 23 heavy (non-hydrogen) atoms. The number of piperidine rings is 1. The molecule has 1 heterocycles. The fourth-order valence-corrected chi connectivity index (χ4v) is 3.49. The molecule has 0 aromatic heterocycles. The van der Waals surface area contributed by atoms with Crippen LogP contribution in [0, 0.1) is 5.92 Å². The maximum atomic E-state index is 5.74. The Morgan fingerprint density at radius 1 is 1.39 bits per heavy atom. The van der Waals surface area contributed by atoms with Gasteiger partial charge in [0.05, 0.1) is 11.1 Å². The normalized spacial score (nSPS) is 15.3. The first kappa shape index (κ1) is 18.3. The molecule has 2 rings (SSSR count). The predicted molar refractivity (Wildman–Crippen MR) is 103 cm³/mol. The molecule has 0 radical (unpaired) electrons. The van der Waals surface area contributed by atoms with Gasteiger partial charge >= 0.3 is 0 Å². The molecule has 1 aliphatic heterocycles. The quantitative estimate of drug-likeness (QED) is 0.506. The summed E-state index contributed by atoms with van der Waals surface area (Å²) in [6.45, 7) is 11.0. The summed E-state index contributed by atoms with van der Waals surface area (Å²) in [5.74, 6) is 2.20. The number of likely N-dealkylation sites (tertiary alicyclic amines) is 1. The molecule has 126 valence electrons. The zero-order valence-corrected chi connectivity index (χ0v) is 16.2. The van der Waals surface area contributed by atoms with Crippen molar-refractivity contribution in [3.05, 3.63) is 34.8 Å². The highest BCUT2D eigenvalue weighted by atomic mass is 79.9. The fourth-order valence-electron chi connectivity index (χ4n) is 2.63. The van der Waals surface area contributed by atoms with E-state index in [1.165, 1.54) is 12.8 Å². The topological polar surface area (TPSA) is 21.7 Å². The Hall–Kier alpha value is -1.07. The zero-order valence-electron chi connectivity index (χ0n) is 13.8. The van der Waals surface area contributed by atoms with Gasteiger partial charge in [0.15, 0.2) is 11.5 Å². The van der Waals surface area contributed by atoms with Gasteiger partial charge in [0.25, 0.3) is 0 Å². The Kier molecular flexibility index (Phi) is 6.90. The summed E-state index contributed by atoms with van der Waals surface area (Å²) in [7, 11) is 0. The minimum atomic E-state index is 0.437. The van der Waals surface area contributed by atoms with E-state index < -0.39 is 0 Å². The second-order valence-corrected chi connectivity index (χ2v) is 7.03. The first-order valence-electron chi connectivity index (χ1n) is 8.06. The Morgan fingerprint density at radius 2 is 2.09 bits per heavy atom. The Balaban J connectivity index is 2.24. The second kappa shape index (κ2) is 8.69. The van der Waals surface area contributed by atoms with Crippen molar-refractivity contribution < 1.29 is 9.47 Å². The van der Waals surface area contributed by atoms with Crippen molar-refractivity contribution in [2.24, 2.45) is 5.92 Å². The van der Waals surface area contributed by atoms with Gasteiger partial charge in [0.1, 0.15) is 11.6 Å².